The van der Waals surface area contributed by atoms with E-state index in [0.29, 0.717) is 23.2 Å². The van der Waals surface area contributed by atoms with E-state index >= 15 is 0 Å². The fraction of sp³-hybridized carbons (Fsp3) is 0.588. The lowest BCUT2D eigenvalue weighted by atomic mass is 10.1. The zero-order chi connectivity index (χ0) is 15.1. The fourth-order valence-corrected chi connectivity index (χ4v) is 2.91. The van der Waals surface area contributed by atoms with Crippen molar-refractivity contribution in [2.24, 2.45) is 0 Å². The van der Waals surface area contributed by atoms with Gasteiger partial charge in [-0.15, -0.1) is 0 Å². The number of para-hydroxylation sites is 1. The van der Waals surface area contributed by atoms with Crippen LogP contribution in [0.25, 0.3) is 0 Å². The maximum Gasteiger partial charge on any atom is 0.261 e. The van der Waals surface area contributed by atoms with Gasteiger partial charge in [-0.25, -0.2) is 0 Å². The minimum Gasteiger partial charge on any atom is -0.479 e. The number of carbonyl (C=O) groups is 1. The average Bonchev–Trinajstić information content (AvgIpc) is 2.75. The number of nitrogens with one attached hydrogen (secondary N) is 1. The molecule has 1 atom stereocenters. The lowest BCUT2D eigenvalue weighted by molar-refractivity contribution is -0.128. The first-order valence-corrected chi connectivity index (χ1v) is 8.30. The summed E-state index contributed by atoms with van der Waals surface area (Å²) in [7, 11) is 0. The Morgan fingerprint density at radius 2 is 1.95 bits per heavy atom. The zero-order valence-electron chi connectivity index (χ0n) is 12.6. The molecule has 1 N–H and O–H groups in total. The van der Waals surface area contributed by atoms with Gasteiger partial charge in [-0.3, -0.25) is 4.79 Å². The van der Waals surface area contributed by atoms with Gasteiger partial charge in [0.15, 0.2) is 6.10 Å². The van der Waals surface area contributed by atoms with E-state index in [2.05, 4.69) is 5.32 Å². The second kappa shape index (κ2) is 8.28. The number of rotatable bonds is 5. The molecule has 0 aromatic heterocycles. The number of hydrogen-bond donors (Lipinski definition) is 1. The van der Waals surface area contributed by atoms with E-state index in [9.17, 15) is 4.79 Å². The van der Waals surface area contributed by atoms with Crippen molar-refractivity contribution in [3.8, 4) is 5.75 Å². The van der Waals surface area contributed by atoms with Crippen LogP contribution in [0.5, 0.6) is 5.75 Å². The summed E-state index contributed by atoms with van der Waals surface area (Å²) in [4.78, 5) is 12.4. The number of hydrogen-bond acceptors (Lipinski definition) is 2. The van der Waals surface area contributed by atoms with E-state index in [1.54, 1.807) is 12.1 Å². The van der Waals surface area contributed by atoms with Gasteiger partial charge in [0, 0.05) is 6.04 Å². The van der Waals surface area contributed by atoms with E-state index in [1.807, 2.05) is 19.1 Å². The van der Waals surface area contributed by atoms with Crippen LogP contribution in [0.2, 0.25) is 5.02 Å². The number of ether oxygens (including phenoxy) is 1. The van der Waals surface area contributed by atoms with E-state index < -0.39 is 6.10 Å². The highest BCUT2D eigenvalue weighted by atomic mass is 35.5. The van der Waals surface area contributed by atoms with Gasteiger partial charge in [0.2, 0.25) is 0 Å². The van der Waals surface area contributed by atoms with Gasteiger partial charge in [-0.2, -0.15) is 0 Å². The van der Waals surface area contributed by atoms with Crippen molar-refractivity contribution in [2.75, 3.05) is 0 Å². The second-order valence-electron chi connectivity index (χ2n) is 5.64. The Bertz CT molecular complexity index is 456. The van der Waals surface area contributed by atoms with Gasteiger partial charge < -0.3 is 10.1 Å². The molecule has 0 heterocycles. The van der Waals surface area contributed by atoms with Crippen LogP contribution < -0.4 is 10.1 Å². The van der Waals surface area contributed by atoms with Crippen LogP contribution in [-0.2, 0) is 4.79 Å². The molecular formula is C17H24ClNO2. The molecule has 0 saturated heterocycles. The van der Waals surface area contributed by atoms with Gasteiger partial charge in [0.1, 0.15) is 5.75 Å². The van der Waals surface area contributed by atoms with Crippen molar-refractivity contribution in [1.82, 2.24) is 5.32 Å². The number of halogens is 1. The van der Waals surface area contributed by atoms with Crippen LogP contribution in [0.3, 0.4) is 0 Å². The summed E-state index contributed by atoms with van der Waals surface area (Å²) >= 11 is 6.09. The monoisotopic (exact) mass is 309 g/mol. The maximum absolute atomic E-state index is 12.4. The first-order chi connectivity index (χ1) is 10.2. The van der Waals surface area contributed by atoms with Crippen LogP contribution in [0.4, 0.5) is 0 Å². The minimum atomic E-state index is -0.479. The fourth-order valence-electron chi connectivity index (χ4n) is 2.73. The lowest BCUT2D eigenvalue weighted by Crippen LogP contribution is -2.43. The second-order valence-corrected chi connectivity index (χ2v) is 6.05. The van der Waals surface area contributed by atoms with Gasteiger partial charge in [-0.1, -0.05) is 56.3 Å². The van der Waals surface area contributed by atoms with Crippen molar-refractivity contribution in [2.45, 2.75) is 64.0 Å². The van der Waals surface area contributed by atoms with Crippen molar-refractivity contribution >= 4 is 17.5 Å². The Labute approximate surface area is 132 Å². The third-order valence-corrected chi connectivity index (χ3v) is 4.28. The Balaban J connectivity index is 1.93. The molecule has 0 radical (unpaired) electrons. The molecule has 0 spiro atoms. The summed E-state index contributed by atoms with van der Waals surface area (Å²) in [5.74, 6) is 0.548. The summed E-state index contributed by atoms with van der Waals surface area (Å²) < 4.78 is 5.79. The van der Waals surface area contributed by atoms with Crippen molar-refractivity contribution in [3.63, 3.8) is 0 Å². The predicted molar refractivity (Wildman–Crippen MR) is 85.8 cm³/mol. The van der Waals surface area contributed by atoms with E-state index in [1.165, 1.54) is 25.7 Å². The summed E-state index contributed by atoms with van der Waals surface area (Å²) in [5.41, 5.74) is 0. The van der Waals surface area contributed by atoms with Gasteiger partial charge in [0.05, 0.1) is 5.02 Å². The van der Waals surface area contributed by atoms with E-state index in [4.69, 9.17) is 16.3 Å². The molecule has 1 amide bonds. The predicted octanol–water partition coefficient (Wildman–Crippen LogP) is 4.34. The van der Waals surface area contributed by atoms with E-state index in [0.717, 1.165) is 12.8 Å². The number of carbonyl (C=O) groups excluding carboxylic acids is 1. The van der Waals surface area contributed by atoms with Gasteiger partial charge in [-0.05, 0) is 31.4 Å². The molecule has 0 unspecified atom stereocenters. The highest BCUT2D eigenvalue weighted by Crippen LogP contribution is 2.25. The van der Waals surface area contributed by atoms with Crippen LogP contribution in [0.15, 0.2) is 24.3 Å². The smallest absolute Gasteiger partial charge is 0.261 e. The van der Waals surface area contributed by atoms with Crippen molar-refractivity contribution in [3.05, 3.63) is 29.3 Å². The highest BCUT2D eigenvalue weighted by Gasteiger charge is 2.22. The Morgan fingerprint density at radius 1 is 1.29 bits per heavy atom. The topological polar surface area (TPSA) is 38.3 Å². The summed E-state index contributed by atoms with van der Waals surface area (Å²) in [5, 5.41) is 3.68. The molecule has 1 aliphatic rings. The first kappa shape index (κ1) is 16.2. The Morgan fingerprint density at radius 3 is 2.57 bits per heavy atom. The van der Waals surface area contributed by atoms with Gasteiger partial charge >= 0.3 is 0 Å². The van der Waals surface area contributed by atoms with Crippen molar-refractivity contribution in [1.29, 1.82) is 0 Å². The molecule has 1 aliphatic carbocycles. The third-order valence-electron chi connectivity index (χ3n) is 3.97. The zero-order valence-corrected chi connectivity index (χ0v) is 13.4. The molecule has 1 fully saturated rings. The average molecular weight is 310 g/mol. The number of benzene rings is 1. The largest absolute Gasteiger partial charge is 0.479 e. The molecule has 4 heteroatoms. The Kier molecular flexibility index (Phi) is 6.37. The molecule has 3 nitrogen and oxygen atoms in total. The van der Waals surface area contributed by atoms with E-state index in [-0.39, 0.29) is 5.91 Å². The maximum atomic E-state index is 12.4. The summed E-state index contributed by atoms with van der Waals surface area (Å²) in [6, 6.07) is 7.57. The molecule has 21 heavy (non-hydrogen) atoms. The lowest BCUT2D eigenvalue weighted by Gasteiger charge is -2.22. The molecule has 1 aromatic rings. The standard InChI is InChI=1S/C17H24ClNO2/c1-2-15(21-16-12-8-7-11-14(16)18)17(20)19-13-9-5-3-4-6-10-13/h7-8,11-13,15H,2-6,9-10H2,1H3,(H,19,20)/t15-/m0/s1. The molecule has 116 valence electrons. The van der Waals surface area contributed by atoms with Gasteiger partial charge in [0.25, 0.3) is 5.91 Å². The molecule has 1 aromatic carbocycles. The normalized spacial score (nSPS) is 17.8. The molecule has 0 aliphatic heterocycles. The van der Waals surface area contributed by atoms with Crippen LogP contribution >= 0.6 is 11.6 Å². The first-order valence-electron chi connectivity index (χ1n) is 7.92. The number of amides is 1. The summed E-state index contributed by atoms with van der Waals surface area (Å²) in [6.45, 7) is 1.95. The van der Waals surface area contributed by atoms with Crippen LogP contribution in [0, 0.1) is 0 Å². The molecule has 0 bridgehead atoms. The van der Waals surface area contributed by atoms with Crippen LogP contribution in [-0.4, -0.2) is 18.1 Å². The molecule has 1 saturated carbocycles. The van der Waals surface area contributed by atoms with Crippen molar-refractivity contribution < 1.29 is 9.53 Å². The molecule has 2 rings (SSSR count). The highest BCUT2D eigenvalue weighted by molar-refractivity contribution is 6.32. The van der Waals surface area contributed by atoms with Crippen LogP contribution in [0.1, 0.15) is 51.9 Å². The minimum absolute atomic E-state index is 0.0238. The third kappa shape index (κ3) is 4.92. The quantitative estimate of drug-likeness (QED) is 0.822. The SMILES string of the molecule is CC[C@H](Oc1ccccc1Cl)C(=O)NC1CCCCCC1. The summed E-state index contributed by atoms with van der Waals surface area (Å²) in [6.07, 6.45) is 7.26. The molecular weight excluding hydrogens is 286 g/mol. The Hall–Kier alpha value is -1.22.